The van der Waals surface area contributed by atoms with Crippen LogP contribution in [0, 0.1) is 5.92 Å². The Morgan fingerprint density at radius 2 is 2.04 bits per heavy atom. The van der Waals surface area contributed by atoms with Gasteiger partial charge in [-0.05, 0) is 49.3 Å². The number of benzene rings is 1. The van der Waals surface area contributed by atoms with Crippen LogP contribution in [0.5, 0.6) is 11.5 Å². The van der Waals surface area contributed by atoms with Crippen LogP contribution >= 0.6 is 24.0 Å². The predicted molar refractivity (Wildman–Crippen MR) is 125 cm³/mol. The van der Waals surface area contributed by atoms with E-state index in [-0.39, 0.29) is 24.0 Å². The Bertz CT molecular complexity index is 634. The topological polar surface area (TPSA) is 64.1 Å². The SMILES string of the molecule is C=CCc1cc(CNC(=NC)NCCCOCC2CC2)cc(OC)c1OC.I. The molecule has 0 aromatic heterocycles. The maximum atomic E-state index is 5.65. The third-order valence-electron chi connectivity index (χ3n) is 4.47. The average Bonchev–Trinajstić information content (AvgIpc) is 3.51. The van der Waals surface area contributed by atoms with Gasteiger partial charge in [-0.15, -0.1) is 30.6 Å². The molecule has 2 N–H and O–H groups in total. The summed E-state index contributed by atoms with van der Waals surface area (Å²) in [6, 6.07) is 4.09. The maximum Gasteiger partial charge on any atom is 0.191 e. The van der Waals surface area contributed by atoms with Crippen LogP contribution in [0.4, 0.5) is 0 Å². The minimum absolute atomic E-state index is 0. The summed E-state index contributed by atoms with van der Waals surface area (Å²) in [5.74, 6) is 3.08. The van der Waals surface area contributed by atoms with Crippen molar-refractivity contribution in [2.24, 2.45) is 10.9 Å². The normalized spacial score (nSPS) is 13.5. The number of ether oxygens (including phenoxy) is 3. The molecule has 1 aromatic rings. The third kappa shape index (κ3) is 8.26. The highest BCUT2D eigenvalue weighted by Crippen LogP contribution is 2.33. The van der Waals surface area contributed by atoms with E-state index in [2.05, 4.69) is 28.3 Å². The molecule has 7 heteroatoms. The Labute approximate surface area is 186 Å². The zero-order chi connectivity index (χ0) is 19.5. The van der Waals surface area contributed by atoms with E-state index in [1.54, 1.807) is 21.3 Å². The van der Waals surface area contributed by atoms with Crippen LogP contribution in [-0.2, 0) is 17.7 Å². The zero-order valence-corrected chi connectivity index (χ0v) is 19.6. The molecule has 0 aliphatic heterocycles. The molecule has 0 amide bonds. The monoisotopic (exact) mass is 503 g/mol. The molecule has 1 aromatic carbocycles. The first-order valence-electron chi connectivity index (χ1n) is 9.58. The second-order valence-corrected chi connectivity index (χ2v) is 6.71. The fourth-order valence-corrected chi connectivity index (χ4v) is 2.84. The largest absolute Gasteiger partial charge is 0.493 e. The first-order chi connectivity index (χ1) is 13.2. The van der Waals surface area contributed by atoms with E-state index in [0.717, 1.165) is 67.1 Å². The van der Waals surface area contributed by atoms with Gasteiger partial charge in [0.1, 0.15) is 0 Å². The minimum Gasteiger partial charge on any atom is -0.493 e. The lowest BCUT2D eigenvalue weighted by molar-refractivity contribution is 0.123. The van der Waals surface area contributed by atoms with Crippen molar-refractivity contribution in [3.63, 3.8) is 0 Å². The lowest BCUT2D eigenvalue weighted by atomic mass is 10.1. The van der Waals surface area contributed by atoms with Gasteiger partial charge < -0.3 is 24.8 Å². The van der Waals surface area contributed by atoms with E-state index in [0.29, 0.717) is 6.54 Å². The van der Waals surface area contributed by atoms with Crippen molar-refractivity contribution < 1.29 is 14.2 Å². The summed E-state index contributed by atoms with van der Waals surface area (Å²) in [6.45, 7) is 7.00. The second kappa shape index (κ2) is 13.7. The predicted octanol–water partition coefficient (Wildman–Crippen LogP) is 3.53. The fourth-order valence-electron chi connectivity index (χ4n) is 2.84. The molecule has 2 rings (SSSR count). The quantitative estimate of drug-likeness (QED) is 0.150. The lowest BCUT2D eigenvalue weighted by Gasteiger charge is -2.16. The Hall–Kier alpha value is -1.48. The summed E-state index contributed by atoms with van der Waals surface area (Å²) in [4.78, 5) is 4.28. The van der Waals surface area contributed by atoms with E-state index in [1.807, 2.05) is 12.1 Å². The van der Waals surface area contributed by atoms with Crippen LogP contribution in [0.3, 0.4) is 0 Å². The van der Waals surface area contributed by atoms with Crippen LogP contribution in [0.15, 0.2) is 29.8 Å². The number of methoxy groups -OCH3 is 2. The van der Waals surface area contributed by atoms with Gasteiger partial charge in [-0.2, -0.15) is 0 Å². The summed E-state index contributed by atoms with van der Waals surface area (Å²) < 4.78 is 16.6. The van der Waals surface area contributed by atoms with E-state index >= 15 is 0 Å². The van der Waals surface area contributed by atoms with Crippen molar-refractivity contribution in [1.29, 1.82) is 0 Å². The smallest absolute Gasteiger partial charge is 0.191 e. The van der Waals surface area contributed by atoms with Gasteiger partial charge >= 0.3 is 0 Å². The zero-order valence-electron chi connectivity index (χ0n) is 17.3. The van der Waals surface area contributed by atoms with Gasteiger partial charge in [-0.1, -0.05) is 6.08 Å². The molecule has 6 nitrogen and oxygen atoms in total. The molecule has 0 saturated heterocycles. The summed E-state index contributed by atoms with van der Waals surface area (Å²) in [6.07, 6.45) is 6.22. The molecule has 1 fully saturated rings. The number of rotatable bonds is 12. The van der Waals surface area contributed by atoms with Gasteiger partial charge in [0.15, 0.2) is 17.5 Å². The van der Waals surface area contributed by atoms with Gasteiger partial charge in [0.05, 0.1) is 14.2 Å². The van der Waals surface area contributed by atoms with Crippen LogP contribution in [-0.4, -0.2) is 47.0 Å². The van der Waals surface area contributed by atoms with Crippen molar-refractivity contribution in [3.05, 3.63) is 35.9 Å². The van der Waals surface area contributed by atoms with Crippen molar-refractivity contribution in [2.75, 3.05) is 41.0 Å². The van der Waals surface area contributed by atoms with Crippen molar-refractivity contribution in [1.82, 2.24) is 10.6 Å². The van der Waals surface area contributed by atoms with E-state index in [1.165, 1.54) is 12.8 Å². The molecule has 0 heterocycles. The number of hydrogen-bond donors (Lipinski definition) is 2. The standard InChI is InChI=1S/C21H33N3O3.HI/c1-5-7-18-12-17(13-19(25-3)20(18)26-4)14-24-21(22-2)23-10-6-11-27-15-16-8-9-16;/h5,12-13,16H,1,6-11,14-15H2,2-4H3,(H2,22,23,24);1H. The number of allylic oxidation sites excluding steroid dienone is 1. The highest BCUT2D eigenvalue weighted by Gasteiger charge is 2.20. The second-order valence-electron chi connectivity index (χ2n) is 6.71. The molecule has 0 spiro atoms. The van der Waals surface area contributed by atoms with Crippen LogP contribution in [0.2, 0.25) is 0 Å². The first-order valence-corrected chi connectivity index (χ1v) is 9.58. The van der Waals surface area contributed by atoms with Gasteiger partial charge in [-0.25, -0.2) is 0 Å². The lowest BCUT2D eigenvalue weighted by Crippen LogP contribution is -2.37. The van der Waals surface area contributed by atoms with Gasteiger partial charge in [-0.3, -0.25) is 4.99 Å². The fraction of sp³-hybridized carbons (Fsp3) is 0.571. The number of nitrogens with zero attached hydrogens (tertiary/aromatic N) is 1. The Morgan fingerprint density at radius 3 is 2.64 bits per heavy atom. The summed E-state index contributed by atoms with van der Waals surface area (Å²) in [5, 5.41) is 6.66. The van der Waals surface area contributed by atoms with E-state index in [4.69, 9.17) is 14.2 Å². The summed E-state index contributed by atoms with van der Waals surface area (Å²) in [5.41, 5.74) is 2.15. The number of nitrogens with one attached hydrogen (secondary N) is 2. The molecule has 0 atom stereocenters. The Balaban J connectivity index is 0.00000392. The number of halogens is 1. The van der Waals surface area contributed by atoms with Crippen molar-refractivity contribution >= 4 is 29.9 Å². The van der Waals surface area contributed by atoms with Crippen molar-refractivity contribution in [2.45, 2.75) is 32.2 Å². The maximum absolute atomic E-state index is 5.65. The van der Waals surface area contributed by atoms with Crippen LogP contribution < -0.4 is 20.1 Å². The molecular weight excluding hydrogens is 469 g/mol. The number of guanidine groups is 1. The Morgan fingerprint density at radius 1 is 1.25 bits per heavy atom. The molecule has 0 bridgehead atoms. The molecule has 0 radical (unpaired) electrons. The molecule has 0 unspecified atom stereocenters. The molecular formula is C21H34IN3O3. The van der Waals surface area contributed by atoms with Crippen molar-refractivity contribution in [3.8, 4) is 11.5 Å². The average molecular weight is 503 g/mol. The molecule has 1 aliphatic carbocycles. The molecule has 1 saturated carbocycles. The minimum atomic E-state index is 0. The third-order valence-corrected chi connectivity index (χ3v) is 4.47. The molecule has 158 valence electrons. The summed E-state index contributed by atoms with van der Waals surface area (Å²) >= 11 is 0. The number of hydrogen-bond acceptors (Lipinski definition) is 4. The highest BCUT2D eigenvalue weighted by atomic mass is 127. The van der Waals surface area contributed by atoms with Crippen LogP contribution in [0.1, 0.15) is 30.4 Å². The van der Waals surface area contributed by atoms with E-state index in [9.17, 15) is 0 Å². The number of aliphatic imine (C=N–C) groups is 1. The molecule has 1 aliphatic rings. The van der Waals surface area contributed by atoms with Crippen LogP contribution in [0.25, 0.3) is 0 Å². The molecule has 28 heavy (non-hydrogen) atoms. The van der Waals surface area contributed by atoms with Gasteiger partial charge in [0, 0.05) is 38.9 Å². The Kier molecular flexibility index (Phi) is 12.0. The van der Waals surface area contributed by atoms with Gasteiger partial charge in [0.2, 0.25) is 0 Å². The van der Waals surface area contributed by atoms with Gasteiger partial charge in [0.25, 0.3) is 0 Å². The first kappa shape index (κ1) is 24.6. The van der Waals surface area contributed by atoms with E-state index < -0.39 is 0 Å². The summed E-state index contributed by atoms with van der Waals surface area (Å²) in [7, 11) is 5.08. The highest BCUT2D eigenvalue weighted by molar-refractivity contribution is 14.0.